The van der Waals surface area contributed by atoms with Crippen molar-refractivity contribution in [3.8, 4) is 0 Å². The summed E-state index contributed by atoms with van der Waals surface area (Å²) in [7, 11) is 0. The van der Waals surface area contributed by atoms with Crippen LogP contribution in [0, 0.1) is 0 Å². The first-order valence-electron chi connectivity index (χ1n) is 8.33. The highest BCUT2D eigenvalue weighted by Crippen LogP contribution is 2.32. The fourth-order valence-electron chi connectivity index (χ4n) is 2.48. The molecule has 0 atom stereocenters. The van der Waals surface area contributed by atoms with Gasteiger partial charge in [0.2, 0.25) is 0 Å². The number of anilines is 2. The molecule has 0 aliphatic carbocycles. The number of benzene rings is 2. The zero-order valence-electron chi connectivity index (χ0n) is 14.7. The van der Waals surface area contributed by atoms with Crippen molar-refractivity contribution >= 4 is 58.2 Å². The van der Waals surface area contributed by atoms with Gasteiger partial charge in [-0.15, -0.1) is 0 Å². The average Bonchev–Trinajstić information content (AvgIpc) is 2.70. The van der Waals surface area contributed by atoms with Crippen molar-refractivity contribution < 1.29 is 14.7 Å². The van der Waals surface area contributed by atoms with Gasteiger partial charge in [-0.3, -0.25) is 4.79 Å². The topological polar surface area (TPSA) is 91.3 Å². The van der Waals surface area contributed by atoms with E-state index in [-0.39, 0.29) is 32.0 Å². The maximum atomic E-state index is 12.7. The van der Waals surface area contributed by atoms with Crippen molar-refractivity contribution in [3.05, 3.63) is 86.5 Å². The smallest absolute Gasteiger partial charge is 0.335 e. The van der Waals surface area contributed by atoms with Crippen LogP contribution >= 0.6 is 34.8 Å². The van der Waals surface area contributed by atoms with Crippen LogP contribution in [0.3, 0.4) is 0 Å². The highest BCUT2D eigenvalue weighted by molar-refractivity contribution is 6.41. The standard InChI is InChI=1S/C20H14Cl3N3O3/c21-13-6-7-16(24-10-11-4-2-1-3-5-11)25-18(13)19(27)26-17-14(22)8-12(20(28)29)9-15(17)23/h1-9H,10H2,(H,24,25)(H,26,27)(H,28,29). The summed E-state index contributed by atoms with van der Waals surface area (Å²) in [6.07, 6.45) is 0. The number of pyridine rings is 1. The summed E-state index contributed by atoms with van der Waals surface area (Å²) in [4.78, 5) is 28.0. The molecular formula is C20H14Cl3N3O3. The van der Waals surface area contributed by atoms with Crippen molar-refractivity contribution in [2.45, 2.75) is 6.54 Å². The molecule has 9 heteroatoms. The number of rotatable bonds is 6. The number of halogens is 3. The molecule has 1 amide bonds. The van der Waals surface area contributed by atoms with Gasteiger partial charge < -0.3 is 15.7 Å². The number of aromatic carboxylic acids is 1. The van der Waals surface area contributed by atoms with E-state index in [4.69, 9.17) is 39.9 Å². The lowest BCUT2D eigenvalue weighted by Gasteiger charge is -2.12. The van der Waals surface area contributed by atoms with Gasteiger partial charge >= 0.3 is 5.97 Å². The Hall–Kier alpha value is -2.80. The largest absolute Gasteiger partial charge is 0.478 e. The second-order valence-electron chi connectivity index (χ2n) is 5.94. The predicted octanol–water partition coefficient (Wildman–Crippen LogP) is 5.60. The SMILES string of the molecule is O=C(O)c1cc(Cl)c(NC(=O)c2nc(NCc3ccccc3)ccc2Cl)c(Cl)c1. The number of carboxylic acid groups (broad SMARTS) is 1. The molecule has 1 aromatic heterocycles. The van der Waals surface area contributed by atoms with Gasteiger partial charge in [0.05, 0.1) is 26.3 Å². The van der Waals surface area contributed by atoms with Crippen LogP contribution in [0.25, 0.3) is 0 Å². The van der Waals surface area contributed by atoms with Gasteiger partial charge in [0, 0.05) is 6.54 Å². The molecule has 2 aromatic carbocycles. The first-order chi connectivity index (χ1) is 13.8. The van der Waals surface area contributed by atoms with Crippen molar-refractivity contribution in [3.63, 3.8) is 0 Å². The minimum atomic E-state index is -1.19. The zero-order chi connectivity index (χ0) is 21.0. The Morgan fingerprint density at radius 1 is 0.931 bits per heavy atom. The molecule has 0 unspecified atom stereocenters. The Labute approximate surface area is 181 Å². The lowest BCUT2D eigenvalue weighted by Crippen LogP contribution is -2.16. The van der Waals surface area contributed by atoms with E-state index in [0.29, 0.717) is 12.4 Å². The molecule has 1 heterocycles. The predicted molar refractivity (Wildman–Crippen MR) is 114 cm³/mol. The first-order valence-corrected chi connectivity index (χ1v) is 9.46. The highest BCUT2D eigenvalue weighted by atomic mass is 35.5. The highest BCUT2D eigenvalue weighted by Gasteiger charge is 2.18. The third kappa shape index (κ3) is 5.17. The molecule has 3 aromatic rings. The van der Waals surface area contributed by atoms with E-state index in [1.165, 1.54) is 12.1 Å². The number of amides is 1. The van der Waals surface area contributed by atoms with E-state index in [1.54, 1.807) is 12.1 Å². The maximum absolute atomic E-state index is 12.7. The van der Waals surface area contributed by atoms with Crippen molar-refractivity contribution in [1.29, 1.82) is 0 Å². The van der Waals surface area contributed by atoms with E-state index in [1.807, 2.05) is 30.3 Å². The van der Waals surface area contributed by atoms with E-state index in [2.05, 4.69) is 15.6 Å². The zero-order valence-corrected chi connectivity index (χ0v) is 17.0. The van der Waals surface area contributed by atoms with E-state index in [0.717, 1.165) is 5.56 Å². The summed E-state index contributed by atoms with van der Waals surface area (Å²) < 4.78 is 0. The summed E-state index contributed by atoms with van der Waals surface area (Å²) in [6.45, 7) is 0.519. The molecular weight excluding hydrogens is 437 g/mol. The Bertz CT molecular complexity index is 1050. The van der Waals surface area contributed by atoms with Crippen molar-refractivity contribution in [1.82, 2.24) is 4.98 Å². The lowest BCUT2D eigenvalue weighted by atomic mass is 10.2. The fraction of sp³-hybridized carbons (Fsp3) is 0.0500. The average molecular weight is 451 g/mol. The minimum Gasteiger partial charge on any atom is -0.478 e. The molecule has 0 aliphatic heterocycles. The number of hydrogen-bond acceptors (Lipinski definition) is 4. The summed E-state index contributed by atoms with van der Waals surface area (Å²) >= 11 is 18.3. The Kier molecular flexibility index (Phi) is 6.59. The normalized spacial score (nSPS) is 10.4. The summed E-state index contributed by atoms with van der Waals surface area (Å²) in [6, 6.07) is 15.3. The molecule has 0 aliphatic rings. The molecule has 0 bridgehead atoms. The molecule has 0 spiro atoms. The molecule has 0 radical (unpaired) electrons. The Morgan fingerprint density at radius 3 is 2.21 bits per heavy atom. The molecule has 6 nitrogen and oxygen atoms in total. The molecule has 0 saturated carbocycles. The van der Waals surface area contributed by atoms with Crippen LogP contribution in [0.2, 0.25) is 15.1 Å². The second kappa shape index (κ2) is 9.13. The molecule has 0 fully saturated rings. The van der Waals surface area contributed by atoms with Crippen LogP contribution in [0.15, 0.2) is 54.6 Å². The van der Waals surface area contributed by atoms with Crippen LogP contribution in [0.5, 0.6) is 0 Å². The second-order valence-corrected chi connectivity index (χ2v) is 7.16. The van der Waals surface area contributed by atoms with Crippen LogP contribution in [0.4, 0.5) is 11.5 Å². The van der Waals surface area contributed by atoms with Gasteiger partial charge in [0.25, 0.3) is 5.91 Å². The van der Waals surface area contributed by atoms with Gasteiger partial charge in [0.1, 0.15) is 11.5 Å². The van der Waals surface area contributed by atoms with E-state index in [9.17, 15) is 9.59 Å². The van der Waals surface area contributed by atoms with Crippen molar-refractivity contribution in [2.24, 2.45) is 0 Å². The van der Waals surface area contributed by atoms with Gasteiger partial charge in [-0.25, -0.2) is 9.78 Å². The first kappa shape index (κ1) is 20.9. The minimum absolute atomic E-state index is 0.0160. The van der Waals surface area contributed by atoms with Gasteiger partial charge in [-0.1, -0.05) is 65.1 Å². The fourth-order valence-corrected chi connectivity index (χ4v) is 3.25. The maximum Gasteiger partial charge on any atom is 0.335 e. The number of nitrogens with one attached hydrogen (secondary N) is 2. The van der Waals surface area contributed by atoms with Crippen LogP contribution in [-0.2, 0) is 6.54 Å². The third-order valence-corrected chi connectivity index (χ3v) is 4.81. The van der Waals surface area contributed by atoms with Crippen LogP contribution < -0.4 is 10.6 Å². The Balaban J connectivity index is 1.80. The number of nitrogens with zero attached hydrogens (tertiary/aromatic N) is 1. The monoisotopic (exact) mass is 449 g/mol. The molecule has 29 heavy (non-hydrogen) atoms. The van der Waals surface area contributed by atoms with Crippen LogP contribution in [-0.4, -0.2) is 22.0 Å². The Morgan fingerprint density at radius 2 is 1.59 bits per heavy atom. The van der Waals surface area contributed by atoms with Gasteiger partial charge in [-0.2, -0.15) is 0 Å². The molecule has 3 N–H and O–H groups in total. The number of aromatic nitrogens is 1. The lowest BCUT2D eigenvalue weighted by molar-refractivity contribution is 0.0696. The van der Waals surface area contributed by atoms with Crippen LogP contribution in [0.1, 0.15) is 26.4 Å². The summed E-state index contributed by atoms with van der Waals surface area (Å²) in [5.74, 6) is -1.36. The number of carboxylic acids is 1. The van der Waals surface area contributed by atoms with E-state index < -0.39 is 11.9 Å². The quantitative estimate of drug-likeness (QED) is 0.454. The third-order valence-electron chi connectivity index (χ3n) is 3.91. The van der Waals surface area contributed by atoms with E-state index >= 15 is 0 Å². The van der Waals surface area contributed by atoms with Crippen molar-refractivity contribution in [2.75, 3.05) is 10.6 Å². The molecule has 3 rings (SSSR count). The summed E-state index contributed by atoms with van der Waals surface area (Å²) in [5, 5.41) is 14.8. The number of carbonyl (C=O) groups is 2. The number of hydrogen-bond donors (Lipinski definition) is 3. The van der Waals surface area contributed by atoms with Gasteiger partial charge in [0.15, 0.2) is 0 Å². The van der Waals surface area contributed by atoms with Gasteiger partial charge in [-0.05, 0) is 29.8 Å². The summed E-state index contributed by atoms with van der Waals surface area (Å²) in [5.41, 5.74) is 0.997. The molecule has 148 valence electrons. The molecule has 0 saturated heterocycles. The number of carbonyl (C=O) groups excluding carboxylic acids is 1.